The first-order valence-electron chi connectivity index (χ1n) is 12.2. The fourth-order valence-corrected chi connectivity index (χ4v) is 3.49. The van der Waals surface area contributed by atoms with Gasteiger partial charge >= 0.3 is 11.9 Å². The van der Waals surface area contributed by atoms with Gasteiger partial charge in [0, 0.05) is 12.8 Å². The zero-order chi connectivity index (χ0) is 29.5. The number of aliphatic carboxylic acids is 2. The van der Waals surface area contributed by atoms with Gasteiger partial charge in [-0.2, -0.15) is 0 Å². The van der Waals surface area contributed by atoms with Crippen molar-refractivity contribution in [1.29, 1.82) is 0 Å². The van der Waals surface area contributed by atoms with Crippen LogP contribution in [0.25, 0.3) is 0 Å². The number of nitrogens with two attached hydrogens (primary N) is 3. The summed E-state index contributed by atoms with van der Waals surface area (Å²) < 4.78 is 0. The summed E-state index contributed by atoms with van der Waals surface area (Å²) in [7, 11) is 0. The first-order chi connectivity index (χ1) is 18.3. The van der Waals surface area contributed by atoms with Gasteiger partial charge in [-0.1, -0.05) is 12.1 Å². The number of amides is 4. The highest BCUT2D eigenvalue weighted by Crippen LogP contribution is 2.12. The molecule has 1 rings (SSSR count). The van der Waals surface area contributed by atoms with E-state index in [1.807, 2.05) is 0 Å². The minimum atomic E-state index is -1.48. The van der Waals surface area contributed by atoms with Crippen molar-refractivity contribution in [3.05, 3.63) is 29.8 Å². The summed E-state index contributed by atoms with van der Waals surface area (Å²) in [6.07, 6.45) is -0.395. The number of benzene rings is 1. The molecule has 4 amide bonds. The Morgan fingerprint density at radius 2 is 1.36 bits per heavy atom. The molecule has 0 saturated heterocycles. The molecule has 0 aliphatic heterocycles. The Labute approximate surface area is 224 Å². The first-order valence-corrected chi connectivity index (χ1v) is 12.2. The van der Waals surface area contributed by atoms with Crippen LogP contribution < -0.4 is 33.2 Å². The quantitative estimate of drug-likeness (QED) is 0.0871. The molecule has 12 N–H and O–H groups in total. The molecule has 0 radical (unpaired) electrons. The van der Waals surface area contributed by atoms with Crippen molar-refractivity contribution in [1.82, 2.24) is 16.0 Å². The maximum absolute atomic E-state index is 13.2. The van der Waals surface area contributed by atoms with E-state index in [0.29, 0.717) is 24.9 Å². The van der Waals surface area contributed by atoms with Crippen LogP contribution in [0.2, 0.25) is 0 Å². The van der Waals surface area contributed by atoms with Crippen molar-refractivity contribution < 1.29 is 44.1 Å². The topological polar surface area (TPSA) is 277 Å². The lowest BCUT2D eigenvalue weighted by atomic mass is 10.0. The lowest BCUT2D eigenvalue weighted by Crippen LogP contribution is -2.57. The number of carbonyl (C=O) groups is 6. The second-order valence-electron chi connectivity index (χ2n) is 8.89. The summed E-state index contributed by atoms with van der Waals surface area (Å²) in [4.78, 5) is 72.6. The maximum atomic E-state index is 13.2. The summed E-state index contributed by atoms with van der Waals surface area (Å²) in [5.41, 5.74) is 16.7. The molecule has 4 unspecified atom stereocenters. The second-order valence-corrected chi connectivity index (χ2v) is 8.89. The average molecular weight is 553 g/mol. The molecule has 39 heavy (non-hydrogen) atoms. The molecule has 15 heteroatoms. The largest absolute Gasteiger partial charge is 0.508 e. The average Bonchev–Trinajstić information content (AvgIpc) is 2.85. The van der Waals surface area contributed by atoms with Crippen molar-refractivity contribution in [2.24, 2.45) is 17.2 Å². The van der Waals surface area contributed by atoms with Gasteiger partial charge in [0.2, 0.25) is 23.6 Å². The Morgan fingerprint density at radius 1 is 0.795 bits per heavy atom. The van der Waals surface area contributed by atoms with E-state index in [1.54, 1.807) is 0 Å². The minimum Gasteiger partial charge on any atom is -0.508 e. The van der Waals surface area contributed by atoms with Gasteiger partial charge < -0.3 is 48.5 Å². The van der Waals surface area contributed by atoms with Gasteiger partial charge in [-0.3, -0.25) is 24.0 Å². The lowest BCUT2D eigenvalue weighted by molar-refractivity contribution is -0.142. The van der Waals surface area contributed by atoms with Gasteiger partial charge in [0.15, 0.2) is 0 Å². The fourth-order valence-electron chi connectivity index (χ4n) is 3.49. The summed E-state index contributed by atoms with van der Waals surface area (Å²) >= 11 is 0. The highest BCUT2D eigenvalue weighted by molar-refractivity contribution is 5.95. The number of aromatic hydroxyl groups is 1. The SMILES string of the molecule is NCCCCC(NC(=O)C(CCC(N)=O)NC(=O)C(Cc1ccc(O)cc1)NC(=O)C(N)CC(=O)O)C(=O)O. The Bertz CT molecular complexity index is 1020. The molecule has 15 nitrogen and oxygen atoms in total. The van der Waals surface area contributed by atoms with E-state index in [0.717, 1.165) is 0 Å². The van der Waals surface area contributed by atoms with Gasteiger partial charge in [0.05, 0.1) is 12.5 Å². The molecule has 4 atom stereocenters. The molecule has 0 aliphatic carbocycles. The Balaban J connectivity index is 3.14. The number of hydrogen-bond acceptors (Lipinski definition) is 9. The van der Waals surface area contributed by atoms with E-state index in [4.69, 9.17) is 22.3 Å². The third kappa shape index (κ3) is 12.7. The molecule has 216 valence electrons. The molecular formula is C24H36N6O9. The van der Waals surface area contributed by atoms with Crippen molar-refractivity contribution in [2.75, 3.05) is 6.54 Å². The Hall–Kier alpha value is -4.24. The molecule has 0 aromatic heterocycles. The van der Waals surface area contributed by atoms with Crippen LogP contribution in [0.15, 0.2) is 24.3 Å². The minimum absolute atomic E-state index is 0.0464. The number of hydrogen-bond donors (Lipinski definition) is 9. The normalized spacial score (nSPS) is 13.8. The maximum Gasteiger partial charge on any atom is 0.326 e. The smallest absolute Gasteiger partial charge is 0.326 e. The Kier molecular flexibility index (Phi) is 13.9. The number of phenols is 1. The van der Waals surface area contributed by atoms with Gasteiger partial charge in [0.25, 0.3) is 0 Å². The predicted octanol–water partition coefficient (Wildman–Crippen LogP) is -2.33. The van der Waals surface area contributed by atoms with E-state index >= 15 is 0 Å². The van der Waals surface area contributed by atoms with Crippen LogP contribution in [0.4, 0.5) is 0 Å². The van der Waals surface area contributed by atoms with Crippen LogP contribution in [-0.2, 0) is 35.2 Å². The molecule has 0 fully saturated rings. The highest BCUT2D eigenvalue weighted by atomic mass is 16.4. The molecular weight excluding hydrogens is 516 g/mol. The molecule has 1 aromatic carbocycles. The summed E-state index contributed by atoms with van der Waals surface area (Å²) in [5, 5.41) is 35.0. The van der Waals surface area contributed by atoms with E-state index < -0.39 is 66.2 Å². The van der Waals surface area contributed by atoms with Crippen molar-refractivity contribution >= 4 is 35.6 Å². The van der Waals surface area contributed by atoms with Crippen LogP contribution in [0.3, 0.4) is 0 Å². The molecule has 0 spiro atoms. The number of carbonyl (C=O) groups excluding carboxylic acids is 4. The van der Waals surface area contributed by atoms with Crippen molar-refractivity contribution in [3.8, 4) is 5.75 Å². The summed E-state index contributed by atoms with van der Waals surface area (Å²) in [6.45, 7) is 0.335. The number of nitrogens with one attached hydrogen (secondary N) is 3. The molecule has 0 bridgehead atoms. The van der Waals surface area contributed by atoms with E-state index in [1.165, 1.54) is 24.3 Å². The van der Waals surface area contributed by atoms with Gasteiger partial charge in [-0.05, 0) is 49.9 Å². The third-order valence-corrected chi connectivity index (χ3v) is 5.61. The number of carboxylic acids is 2. The number of primary amides is 1. The number of carboxylic acid groups (broad SMARTS) is 2. The third-order valence-electron chi connectivity index (χ3n) is 5.61. The zero-order valence-electron chi connectivity index (χ0n) is 21.3. The van der Waals surface area contributed by atoms with E-state index in [2.05, 4.69) is 16.0 Å². The summed E-state index contributed by atoms with van der Waals surface area (Å²) in [6, 6.07) is 0.155. The highest BCUT2D eigenvalue weighted by Gasteiger charge is 2.31. The molecule has 1 aromatic rings. The van der Waals surface area contributed by atoms with Crippen LogP contribution >= 0.6 is 0 Å². The lowest BCUT2D eigenvalue weighted by Gasteiger charge is -2.25. The van der Waals surface area contributed by atoms with Gasteiger partial charge in [-0.15, -0.1) is 0 Å². The van der Waals surface area contributed by atoms with Crippen LogP contribution in [-0.4, -0.2) is 81.6 Å². The van der Waals surface area contributed by atoms with Crippen molar-refractivity contribution in [3.63, 3.8) is 0 Å². The predicted molar refractivity (Wildman–Crippen MR) is 137 cm³/mol. The van der Waals surface area contributed by atoms with Crippen LogP contribution in [0.1, 0.15) is 44.1 Å². The standard InChI is InChI=1S/C24H36N6O9/c25-10-2-1-3-17(24(38)39)29-22(36)16(8-9-19(27)32)28-23(37)18(11-13-4-6-14(31)7-5-13)30-21(35)15(26)12-20(33)34/h4-7,15-18,31H,1-3,8-12,25-26H2,(H2,27,32)(H,28,37)(H,29,36)(H,30,35)(H,33,34)(H,38,39). The second kappa shape index (κ2) is 16.6. The summed E-state index contributed by atoms with van der Waals surface area (Å²) in [5.74, 6) is -6.17. The van der Waals surface area contributed by atoms with Crippen LogP contribution in [0, 0.1) is 0 Å². The molecule has 0 saturated carbocycles. The van der Waals surface area contributed by atoms with Gasteiger partial charge in [0.1, 0.15) is 23.9 Å². The van der Waals surface area contributed by atoms with Crippen molar-refractivity contribution in [2.45, 2.75) is 69.1 Å². The first kappa shape index (κ1) is 32.8. The Morgan fingerprint density at radius 3 is 1.90 bits per heavy atom. The van der Waals surface area contributed by atoms with Crippen LogP contribution in [0.5, 0.6) is 5.75 Å². The number of unbranched alkanes of at least 4 members (excludes halogenated alkanes) is 1. The van der Waals surface area contributed by atoms with E-state index in [9.17, 15) is 39.0 Å². The molecule has 0 heterocycles. The van der Waals surface area contributed by atoms with E-state index in [-0.39, 0.29) is 31.4 Å². The number of phenolic OH excluding ortho intramolecular Hbond substituents is 1. The zero-order valence-corrected chi connectivity index (χ0v) is 21.3. The van der Waals surface area contributed by atoms with Gasteiger partial charge in [-0.25, -0.2) is 4.79 Å². The fraction of sp³-hybridized carbons (Fsp3) is 0.500. The number of rotatable bonds is 18. The monoisotopic (exact) mass is 552 g/mol. The molecule has 0 aliphatic rings.